The van der Waals surface area contributed by atoms with Gasteiger partial charge in [-0.25, -0.2) is 0 Å². The Balaban J connectivity index is 1.59. The van der Waals surface area contributed by atoms with Crippen molar-refractivity contribution in [1.82, 2.24) is 0 Å². The third-order valence-electron chi connectivity index (χ3n) is 5.73. The molecule has 3 fully saturated rings. The van der Waals surface area contributed by atoms with Crippen molar-refractivity contribution < 1.29 is 14.3 Å². The highest BCUT2D eigenvalue weighted by Gasteiger charge is 2.42. The van der Waals surface area contributed by atoms with E-state index >= 15 is 0 Å². The van der Waals surface area contributed by atoms with E-state index in [1.807, 2.05) is 0 Å². The van der Waals surface area contributed by atoms with Gasteiger partial charge in [0.1, 0.15) is 5.78 Å². The normalized spacial score (nSPS) is 32.0. The molecule has 1 atom stereocenters. The first-order chi connectivity index (χ1) is 10.1. The van der Waals surface area contributed by atoms with E-state index in [9.17, 15) is 4.79 Å². The molecule has 2 N–H and O–H groups in total. The van der Waals surface area contributed by atoms with Gasteiger partial charge in [0.25, 0.3) is 0 Å². The Morgan fingerprint density at radius 2 is 1.76 bits per heavy atom. The Morgan fingerprint density at radius 3 is 2.48 bits per heavy atom. The second-order valence-corrected chi connectivity index (χ2v) is 7.40. The number of ether oxygens (including phenoxy) is 2. The highest BCUT2D eigenvalue weighted by Crippen LogP contribution is 2.39. The maximum Gasteiger partial charge on any atom is 0.138 e. The molecule has 0 aromatic heterocycles. The van der Waals surface area contributed by atoms with E-state index in [4.69, 9.17) is 15.2 Å². The average Bonchev–Trinajstić information content (AvgIpc) is 2.48. The molecule has 3 aliphatic rings. The molecular formula is C17H29NO3. The lowest BCUT2D eigenvalue weighted by atomic mass is 9.73. The third kappa shape index (κ3) is 3.66. The number of carbonyl (C=O) groups is 1. The Labute approximate surface area is 127 Å². The standard InChI is InChI=1S/C17H29NO3/c18-16(5-2-1-3-6-16)13-15(19)14-4-9-21-17(12-14)7-10-20-11-8-17/h14H,1-13,18H2. The number of rotatable bonds is 3. The van der Waals surface area contributed by atoms with E-state index in [-0.39, 0.29) is 17.1 Å². The average molecular weight is 295 g/mol. The minimum atomic E-state index is -0.226. The van der Waals surface area contributed by atoms with Crippen LogP contribution in [0.5, 0.6) is 0 Å². The molecule has 2 heterocycles. The molecule has 0 bridgehead atoms. The fourth-order valence-corrected chi connectivity index (χ4v) is 4.32. The van der Waals surface area contributed by atoms with Gasteiger partial charge in [0.15, 0.2) is 0 Å². The Kier molecular flexibility index (Phi) is 4.67. The highest BCUT2D eigenvalue weighted by molar-refractivity contribution is 5.82. The van der Waals surface area contributed by atoms with Gasteiger partial charge in [0.2, 0.25) is 0 Å². The van der Waals surface area contributed by atoms with E-state index in [1.165, 1.54) is 19.3 Å². The van der Waals surface area contributed by atoms with E-state index in [1.54, 1.807) is 0 Å². The largest absolute Gasteiger partial charge is 0.381 e. The van der Waals surface area contributed by atoms with Gasteiger partial charge in [-0.3, -0.25) is 4.79 Å². The van der Waals surface area contributed by atoms with Crippen LogP contribution in [0.2, 0.25) is 0 Å². The summed E-state index contributed by atoms with van der Waals surface area (Å²) in [5.41, 5.74) is 6.15. The fraction of sp³-hybridized carbons (Fsp3) is 0.941. The molecule has 120 valence electrons. The van der Waals surface area contributed by atoms with Crippen LogP contribution in [0.1, 0.15) is 64.2 Å². The molecule has 1 unspecified atom stereocenters. The van der Waals surface area contributed by atoms with Crippen LogP contribution in [0.25, 0.3) is 0 Å². The molecule has 4 heteroatoms. The van der Waals surface area contributed by atoms with Gasteiger partial charge >= 0.3 is 0 Å². The molecular weight excluding hydrogens is 266 g/mol. The number of hydrogen-bond acceptors (Lipinski definition) is 4. The van der Waals surface area contributed by atoms with Crippen molar-refractivity contribution in [3.05, 3.63) is 0 Å². The van der Waals surface area contributed by atoms with Crippen molar-refractivity contribution in [3.63, 3.8) is 0 Å². The molecule has 1 spiro atoms. The zero-order valence-electron chi connectivity index (χ0n) is 13.1. The van der Waals surface area contributed by atoms with Gasteiger partial charge in [-0.05, 0) is 38.5 Å². The van der Waals surface area contributed by atoms with Gasteiger partial charge in [0, 0.05) is 37.7 Å². The number of hydrogen-bond donors (Lipinski definition) is 1. The maximum atomic E-state index is 12.7. The second kappa shape index (κ2) is 6.35. The summed E-state index contributed by atoms with van der Waals surface area (Å²) < 4.78 is 11.5. The fourth-order valence-electron chi connectivity index (χ4n) is 4.32. The van der Waals surface area contributed by atoms with Crippen LogP contribution < -0.4 is 5.73 Å². The predicted molar refractivity (Wildman–Crippen MR) is 81.1 cm³/mol. The molecule has 0 aromatic carbocycles. The number of nitrogens with two attached hydrogens (primary N) is 1. The lowest BCUT2D eigenvalue weighted by molar-refractivity contribution is -0.157. The summed E-state index contributed by atoms with van der Waals surface area (Å²) in [5, 5.41) is 0. The van der Waals surface area contributed by atoms with Gasteiger partial charge in [-0.1, -0.05) is 19.3 Å². The quantitative estimate of drug-likeness (QED) is 0.869. The van der Waals surface area contributed by atoms with Crippen LogP contribution in [0, 0.1) is 5.92 Å². The third-order valence-corrected chi connectivity index (χ3v) is 5.73. The molecule has 0 radical (unpaired) electrons. The first-order valence-corrected chi connectivity index (χ1v) is 8.64. The van der Waals surface area contributed by atoms with Gasteiger partial charge in [-0.15, -0.1) is 0 Å². The van der Waals surface area contributed by atoms with Crippen LogP contribution in [-0.4, -0.2) is 36.7 Å². The van der Waals surface area contributed by atoms with Crippen LogP contribution in [-0.2, 0) is 14.3 Å². The SMILES string of the molecule is NC1(CC(=O)C2CCOC3(CCOCC3)C2)CCCCC1. The summed E-state index contributed by atoms with van der Waals surface area (Å²) in [6.07, 6.45) is 9.86. The first-order valence-electron chi connectivity index (χ1n) is 8.64. The van der Waals surface area contributed by atoms with Crippen LogP contribution in [0.4, 0.5) is 0 Å². The monoisotopic (exact) mass is 295 g/mol. The lowest BCUT2D eigenvalue weighted by Crippen LogP contribution is -2.48. The van der Waals surface area contributed by atoms with Crippen molar-refractivity contribution in [2.24, 2.45) is 11.7 Å². The van der Waals surface area contributed by atoms with E-state index < -0.39 is 0 Å². The van der Waals surface area contributed by atoms with Gasteiger partial charge < -0.3 is 15.2 Å². The minimum absolute atomic E-state index is 0.0921. The van der Waals surface area contributed by atoms with Gasteiger partial charge in [0.05, 0.1) is 5.60 Å². The predicted octanol–water partition coefficient (Wildman–Crippen LogP) is 2.58. The molecule has 3 rings (SSSR count). The molecule has 4 nitrogen and oxygen atoms in total. The topological polar surface area (TPSA) is 61.6 Å². The van der Waals surface area contributed by atoms with Crippen molar-refractivity contribution >= 4 is 5.78 Å². The highest BCUT2D eigenvalue weighted by atomic mass is 16.5. The van der Waals surface area contributed by atoms with E-state index in [2.05, 4.69) is 0 Å². The zero-order chi connectivity index (χ0) is 14.8. The molecule has 1 aliphatic carbocycles. The summed E-state index contributed by atoms with van der Waals surface area (Å²) in [6, 6.07) is 0. The number of Topliss-reactive ketones (excluding diaryl/α,β-unsaturated/α-hetero) is 1. The number of carbonyl (C=O) groups excluding carboxylic acids is 1. The maximum absolute atomic E-state index is 12.7. The van der Waals surface area contributed by atoms with Crippen LogP contribution in [0.3, 0.4) is 0 Å². The summed E-state index contributed by atoms with van der Waals surface area (Å²) >= 11 is 0. The number of ketones is 1. The first kappa shape index (κ1) is 15.4. The van der Waals surface area contributed by atoms with E-state index in [0.717, 1.165) is 51.7 Å². The summed E-state index contributed by atoms with van der Waals surface area (Å²) in [4.78, 5) is 12.7. The molecule has 0 amide bonds. The Morgan fingerprint density at radius 1 is 1.05 bits per heavy atom. The second-order valence-electron chi connectivity index (χ2n) is 7.40. The molecule has 2 saturated heterocycles. The Bertz CT molecular complexity index is 365. The molecule has 1 saturated carbocycles. The molecule has 21 heavy (non-hydrogen) atoms. The van der Waals surface area contributed by atoms with Crippen molar-refractivity contribution in [1.29, 1.82) is 0 Å². The molecule has 2 aliphatic heterocycles. The van der Waals surface area contributed by atoms with Crippen LogP contribution in [0.15, 0.2) is 0 Å². The minimum Gasteiger partial charge on any atom is -0.381 e. The van der Waals surface area contributed by atoms with Crippen LogP contribution >= 0.6 is 0 Å². The lowest BCUT2D eigenvalue weighted by Gasteiger charge is -2.43. The van der Waals surface area contributed by atoms with Crippen molar-refractivity contribution in [3.8, 4) is 0 Å². The van der Waals surface area contributed by atoms with E-state index in [0.29, 0.717) is 18.8 Å². The van der Waals surface area contributed by atoms with Crippen molar-refractivity contribution in [2.45, 2.75) is 75.3 Å². The van der Waals surface area contributed by atoms with Gasteiger partial charge in [-0.2, -0.15) is 0 Å². The summed E-state index contributed by atoms with van der Waals surface area (Å²) in [7, 11) is 0. The smallest absolute Gasteiger partial charge is 0.138 e. The summed E-state index contributed by atoms with van der Waals surface area (Å²) in [6.45, 7) is 2.25. The van der Waals surface area contributed by atoms with Crippen molar-refractivity contribution in [2.75, 3.05) is 19.8 Å². The zero-order valence-corrected chi connectivity index (χ0v) is 13.1. The Hall–Kier alpha value is -0.450. The summed E-state index contributed by atoms with van der Waals surface area (Å²) in [5.74, 6) is 0.535. The molecule has 0 aromatic rings.